The summed E-state index contributed by atoms with van der Waals surface area (Å²) >= 11 is 5.90. The zero-order valence-electron chi connectivity index (χ0n) is 10.1. The van der Waals surface area contributed by atoms with Gasteiger partial charge >= 0.3 is 0 Å². The van der Waals surface area contributed by atoms with Crippen molar-refractivity contribution in [3.8, 4) is 0 Å². The summed E-state index contributed by atoms with van der Waals surface area (Å²) < 4.78 is 5.26. The average molecular weight is 270 g/mol. The maximum Gasteiger partial charge on any atom is 0.271 e. The molecule has 0 radical (unpaired) electrons. The molecule has 1 aromatic heterocycles. The second-order valence-electron chi connectivity index (χ2n) is 4.04. The molecule has 0 aliphatic carbocycles. The number of carbonyl (C=O) groups excluding carboxylic acids is 1. The van der Waals surface area contributed by atoms with Gasteiger partial charge in [0.15, 0.2) is 0 Å². The predicted molar refractivity (Wildman–Crippen MR) is 68.8 cm³/mol. The van der Waals surface area contributed by atoms with Gasteiger partial charge in [-0.1, -0.05) is 11.6 Å². The molecule has 0 saturated carbocycles. The molecule has 2 rings (SSSR count). The highest BCUT2D eigenvalue weighted by molar-refractivity contribution is 6.33. The Kier molecular flexibility index (Phi) is 4.92. The van der Waals surface area contributed by atoms with Gasteiger partial charge in [0.25, 0.3) is 5.91 Å². The summed E-state index contributed by atoms with van der Waals surface area (Å²) in [6, 6.07) is 3.36. The van der Waals surface area contributed by atoms with Crippen LogP contribution in [0.3, 0.4) is 0 Å². The van der Waals surface area contributed by atoms with Crippen molar-refractivity contribution in [3.05, 3.63) is 29.0 Å². The molecule has 1 aliphatic heterocycles. The molecule has 0 unspecified atom stereocenters. The van der Waals surface area contributed by atoms with E-state index in [1.807, 2.05) is 0 Å². The minimum atomic E-state index is -0.228. The maximum absolute atomic E-state index is 11.8. The van der Waals surface area contributed by atoms with Crippen LogP contribution in [0.25, 0.3) is 0 Å². The van der Waals surface area contributed by atoms with E-state index in [9.17, 15) is 4.79 Å². The van der Waals surface area contributed by atoms with Crippen LogP contribution in [-0.2, 0) is 4.74 Å². The van der Waals surface area contributed by atoms with Crippen LogP contribution in [0, 0.1) is 0 Å². The lowest BCUT2D eigenvalue weighted by atomic mass is 10.3. The molecule has 1 fully saturated rings. The monoisotopic (exact) mass is 269 g/mol. The number of ether oxygens (including phenoxy) is 1. The van der Waals surface area contributed by atoms with E-state index in [-0.39, 0.29) is 11.6 Å². The normalized spacial score (nSPS) is 16.5. The number of carbonyl (C=O) groups is 1. The topological polar surface area (TPSA) is 54.5 Å². The lowest BCUT2D eigenvalue weighted by Crippen LogP contribution is -2.41. The number of rotatable bonds is 4. The van der Waals surface area contributed by atoms with Gasteiger partial charge in [-0.2, -0.15) is 0 Å². The third-order valence-corrected chi connectivity index (χ3v) is 3.10. The fraction of sp³-hybridized carbons (Fsp3) is 0.500. The predicted octanol–water partition coefficient (Wildman–Crippen LogP) is 0.797. The third kappa shape index (κ3) is 3.66. The summed E-state index contributed by atoms with van der Waals surface area (Å²) in [5.41, 5.74) is 0.279. The van der Waals surface area contributed by atoms with Crippen molar-refractivity contribution in [2.45, 2.75) is 0 Å². The third-order valence-electron chi connectivity index (χ3n) is 2.79. The molecule has 0 spiro atoms. The van der Waals surface area contributed by atoms with Crippen LogP contribution in [-0.4, -0.2) is 55.2 Å². The molecular weight excluding hydrogens is 254 g/mol. The van der Waals surface area contributed by atoms with E-state index in [4.69, 9.17) is 16.3 Å². The largest absolute Gasteiger partial charge is 0.379 e. The summed E-state index contributed by atoms with van der Waals surface area (Å²) in [4.78, 5) is 18.0. The quantitative estimate of drug-likeness (QED) is 0.878. The number of aromatic nitrogens is 1. The Hall–Kier alpha value is -1.17. The number of nitrogens with zero attached hydrogens (tertiary/aromatic N) is 2. The Labute approximate surface area is 111 Å². The summed E-state index contributed by atoms with van der Waals surface area (Å²) in [5.74, 6) is -0.228. The zero-order chi connectivity index (χ0) is 12.8. The Bertz CT molecular complexity index is 408. The highest BCUT2D eigenvalue weighted by atomic mass is 35.5. The van der Waals surface area contributed by atoms with Gasteiger partial charge in [-0.05, 0) is 12.1 Å². The van der Waals surface area contributed by atoms with E-state index < -0.39 is 0 Å². The molecule has 0 bridgehead atoms. The van der Waals surface area contributed by atoms with Crippen molar-refractivity contribution in [1.82, 2.24) is 15.2 Å². The van der Waals surface area contributed by atoms with Gasteiger partial charge in [-0.3, -0.25) is 9.69 Å². The van der Waals surface area contributed by atoms with Crippen LogP contribution in [0.1, 0.15) is 10.5 Å². The number of morpholine rings is 1. The zero-order valence-corrected chi connectivity index (χ0v) is 10.8. The minimum Gasteiger partial charge on any atom is -0.379 e. The average Bonchev–Trinajstić information content (AvgIpc) is 2.40. The van der Waals surface area contributed by atoms with E-state index in [1.54, 1.807) is 18.3 Å². The van der Waals surface area contributed by atoms with Gasteiger partial charge in [0, 0.05) is 32.4 Å². The first-order valence-electron chi connectivity index (χ1n) is 5.96. The van der Waals surface area contributed by atoms with Gasteiger partial charge in [-0.25, -0.2) is 4.98 Å². The fourth-order valence-electron chi connectivity index (χ4n) is 1.79. The minimum absolute atomic E-state index is 0.228. The van der Waals surface area contributed by atoms with Crippen molar-refractivity contribution in [3.63, 3.8) is 0 Å². The van der Waals surface area contributed by atoms with Crippen LogP contribution in [0.2, 0.25) is 5.02 Å². The second kappa shape index (κ2) is 6.68. The van der Waals surface area contributed by atoms with Crippen molar-refractivity contribution in [2.24, 2.45) is 0 Å². The highest BCUT2D eigenvalue weighted by Gasteiger charge is 2.13. The van der Waals surface area contributed by atoms with E-state index in [2.05, 4.69) is 15.2 Å². The van der Waals surface area contributed by atoms with Crippen LogP contribution in [0.4, 0.5) is 0 Å². The molecule has 1 N–H and O–H groups in total. The van der Waals surface area contributed by atoms with E-state index in [0.717, 1.165) is 32.8 Å². The van der Waals surface area contributed by atoms with Crippen molar-refractivity contribution in [1.29, 1.82) is 0 Å². The van der Waals surface area contributed by atoms with Crippen molar-refractivity contribution < 1.29 is 9.53 Å². The Morgan fingerprint density at radius 2 is 2.28 bits per heavy atom. The van der Waals surface area contributed by atoms with Gasteiger partial charge in [0.1, 0.15) is 5.69 Å². The Balaban J connectivity index is 1.76. The molecule has 6 heteroatoms. The molecule has 18 heavy (non-hydrogen) atoms. The molecule has 5 nitrogen and oxygen atoms in total. The molecule has 0 aromatic carbocycles. The van der Waals surface area contributed by atoms with Crippen molar-refractivity contribution >= 4 is 17.5 Å². The standard InChI is InChI=1S/C12H16ClN3O2/c13-10-2-1-3-14-11(10)12(17)15-4-5-16-6-8-18-9-7-16/h1-3H,4-9H2,(H,15,17). The fourth-order valence-corrected chi connectivity index (χ4v) is 2.00. The van der Waals surface area contributed by atoms with Crippen LogP contribution < -0.4 is 5.32 Å². The number of amides is 1. The van der Waals surface area contributed by atoms with Crippen LogP contribution in [0.15, 0.2) is 18.3 Å². The Morgan fingerprint density at radius 1 is 1.50 bits per heavy atom. The number of pyridine rings is 1. The molecule has 1 saturated heterocycles. The molecule has 0 atom stereocenters. The molecule has 1 amide bonds. The van der Waals surface area contributed by atoms with Crippen LogP contribution >= 0.6 is 11.6 Å². The van der Waals surface area contributed by atoms with Gasteiger partial charge in [0.05, 0.1) is 18.2 Å². The van der Waals surface area contributed by atoms with Gasteiger partial charge in [-0.15, -0.1) is 0 Å². The SMILES string of the molecule is O=C(NCCN1CCOCC1)c1ncccc1Cl. The van der Waals surface area contributed by atoms with E-state index >= 15 is 0 Å². The van der Waals surface area contributed by atoms with Crippen molar-refractivity contribution in [2.75, 3.05) is 39.4 Å². The van der Waals surface area contributed by atoms with E-state index in [0.29, 0.717) is 11.6 Å². The van der Waals surface area contributed by atoms with Crippen LogP contribution in [0.5, 0.6) is 0 Å². The second-order valence-corrected chi connectivity index (χ2v) is 4.45. The van der Waals surface area contributed by atoms with Gasteiger partial charge < -0.3 is 10.1 Å². The lowest BCUT2D eigenvalue weighted by molar-refractivity contribution is 0.0383. The summed E-state index contributed by atoms with van der Waals surface area (Å²) in [6.07, 6.45) is 1.56. The first-order valence-corrected chi connectivity index (χ1v) is 6.34. The first-order chi connectivity index (χ1) is 8.77. The molecule has 1 aromatic rings. The molecular formula is C12H16ClN3O2. The number of halogens is 1. The van der Waals surface area contributed by atoms with Gasteiger partial charge in [0.2, 0.25) is 0 Å². The molecule has 2 heterocycles. The lowest BCUT2D eigenvalue weighted by Gasteiger charge is -2.26. The molecule has 98 valence electrons. The summed E-state index contributed by atoms with van der Waals surface area (Å²) in [7, 11) is 0. The first kappa shape index (κ1) is 13.3. The smallest absolute Gasteiger partial charge is 0.271 e. The maximum atomic E-state index is 11.8. The number of hydrogen-bond acceptors (Lipinski definition) is 4. The highest BCUT2D eigenvalue weighted by Crippen LogP contribution is 2.11. The number of nitrogens with one attached hydrogen (secondary N) is 1. The summed E-state index contributed by atoms with van der Waals surface area (Å²) in [6.45, 7) is 4.77. The molecule has 1 aliphatic rings. The van der Waals surface area contributed by atoms with E-state index in [1.165, 1.54) is 0 Å². The Morgan fingerprint density at radius 3 is 3.00 bits per heavy atom. The number of hydrogen-bond donors (Lipinski definition) is 1. The summed E-state index contributed by atoms with van der Waals surface area (Å²) in [5, 5.41) is 3.19.